The maximum absolute atomic E-state index is 6.18. The summed E-state index contributed by atoms with van der Waals surface area (Å²) in [6, 6.07) is 7.98. The summed E-state index contributed by atoms with van der Waals surface area (Å²) in [6.07, 6.45) is 1.05. The van der Waals surface area contributed by atoms with Crippen molar-refractivity contribution >= 4 is 11.6 Å². The van der Waals surface area contributed by atoms with Crippen LogP contribution in [0.1, 0.15) is 12.0 Å². The van der Waals surface area contributed by atoms with Crippen LogP contribution in [0.15, 0.2) is 24.3 Å². The molecule has 0 saturated carbocycles. The molecular formula is C14H21ClN2O. The summed E-state index contributed by atoms with van der Waals surface area (Å²) < 4.78 is 5.49. The van der Waals surface area contributed by atoms with Crippen LogP contribution in [0.4, 0.5) is 0 Å². The number of benzene rings is 1. The van der Waals surface area contributed by atoms with Gasteiger partial charge in [0.05, 0.1) is 6.61 Å². The monoisotopic (exact) mass is 268 g/mol. The highest BCUT2D eigenvalue weighted by molar-refractivity contribution is 6.31. The predicted molar refractivity (Wildman–Crippen MR) is 74.7 cm³/mol. The molecular weight excluding hydrogens is 248 g/mol. The zero-order chi connectivity index (χ0) is 13.0. The van der Waals surface area contributed by atoms with E-state index in [1.54, 1.807) is 0 Å². The van der Waals surface area contributed by atoms with Gasteiger partial charge in [-0.25, -0.2) is 0 Å². The van der Waals surface area contributed by atoms with Crippen LogP contribution < -0.4 is 5.73 Å². The Morgan fingerprint density at radius 2 is 2.22 bits per heavy atom. The fourth-order valence-electron chi connectivity index (χ4n) is 2.55. The Balaban J connectivity index is 1.96. The SMILES string of the molecule is CN(Cc1ccccc1Cl)CC1(CN)CCOC1. The van der Waals surface area contributed by atoms with Gasteiger partial charge in [0.1, 0.15) is 0 Å². The Kier molecular flexibility index (Phi) is 4.62. The lowest BCUT2D eigenvalue weighted by Gasteiger charge is -2.31. The van der Waals surface area contributed by atoms with E-state index in [0.29, 0.717) is 6.54 Å². The van der Waals surface area contributed by atoms with E-state index in [0.717, 1.165) is 43.3 Å². The second-order valence-corrected chi connectivity index (χ2v) is 5.68. The third-order valence-corrected chi connectivity index (χ3v) is 3.99. The van der Waals surface area contributed by atoms with Crippen molar-refractivity contribution in [1.29, 1.82) is 0 Å². The molecule has 4 heteroatoms. The molecule has 0 spiro atoms. The van der Waals surface area contributed by atoms with E-state index in [1.807, 2.05) is 18.2 Å². The minimum atomic E-state index is 0.121. The highest BCUT2D eigenvalue weighted by atomic mass is 35.5. The smallest absolute Gasteiger partial charge is 0.0547 e. The Morgan fingerprint density at radius 3 is 2.83 bits per heavy atom. The first-order valence-electron chi connectivity index (χ1n) is 6.35. The number of rotatable bonds is 5. The third kappa shape index (κ3) is 3.23. The van der Waals surface area contributed by atoms with Crippen LogP contribution in [0, 0.1) is 5.41 Å². The van der Waals surface area contributed by atoms with Gasteiger partial charge in [-0.3, -0.25) is 0 Å². The average Bonchev–Trinajstić information content (AvgIpc) is 2.81. The summed E-state index contributed by atoms with van der Waals surface area (Å²) in [7, 11) is 2.11. The molecule has 0 amide bonds. The van der Waals surface area contributed by atoms with Crippen molar-refractivity contribution in [3.63, 3.8) is 0 Å². The van der Waals surface area contributed by atoms with Gasteiger partial charge in [-0.15, -0.1) is 0 Å². The average molecular weight is 269 g/mol. The highest BCUT2D eigenvalue weighted by Crippen LogP contribution is 2.29. The fraction of sp³-hybridized carbons (Fsp3) is 0.571. The van der Waals surface area contributed by atoms with Gasteiger partial charge in [0.2, 0.25) is 0 Å². The first kappa shape index (κ1) is 13.8. The van der Waals surface area contributed by atoms with Crippen molar-refractivity contribution < 1.29 is 4.74 Å². The summed E-state index contributed by atoms with van der Waals surface area (Å²) >= 11 is 6.18. The molecule has 0 aromatic heterocycles. The van der Waals surface area contributed by atoms with Crippen molar-refractivity contribution in [3.8, 4) is 0 Å². The highest BCUT2D eigenvalue weighted by Gasteiger charge is 2.34. The summed E-state index contributed by atoms with van der Waals surface area (Å²) in [4.78, 5) is 2.28. The number of nitrogens with zero attached hydrogens (tertiary/aromatic N) is 1. The van der Waals surface area contributed by atoms with Gasteiger partial charge in [0.15, 0.2) is 0 Å². The summed E-state index contributed by atoms with van der Waals surface area (Å²) in [5.41, 5.74) is 7.19. The largest absolute Gasteiger partial charge is 0.381 e. The van der Waals surface area contributed by atoms with Crippen molar-refractivity contribution in [2.45, 2.75) is 13.0 Å². The zero-order valence-electron chi connectivity index (χ0n) is 10.9. The van der Waals surface area contributed by atoms with Crippen LogP contribution in [-0.4, -0.2) is 38.3 Å². The number of hydrogen-bond donors (Lipinski definition) is 1. The number of halogens is 1. The van der Waals surface area contributed by atoms with Gasteiger partial charge < -0.3 is 15.4 Å². The van der Waals surface area contributed by atoms with Crippen LogP contribution in [0.2, 0.25) is 5.02 Å². The maximum atomic E-state index is 6.18. The van der Waals surface area contributed by atoms with Gasteiger partial charge in [-0.05, 0) is 25.1 Å². The molecule has 1 heterocycles. The zero-order valence-corrected chi connectivity index (χ0v) is 11.6. The molecule has 18 heavy (non-hydrogen) atoms. The standard InChI is InChI=1S/C14H21ClN2O/c1-17(8-12-4-2-3-5-13(12)15)10-14(9-16)6-7-18-11-14/h2-5H,6-11,16H2,1H3. The molecule has 1 aromatic carbocycles. The lowest BCUT2D eigenvalue weighted by molar-refractivity contribution is 0.123. The van der Waals surface area contributed by atoms with E-state index in [-0.39, 0.29) is 5.41 Å². The molecule has 1 atom stereocenters. The normalized spacial score (nSPS) is 23.8. The second kappa shape index (κ2) is 6.02. The second-order valence-electron chi connectivity index (χ2n) is 5.27. The molecule has 0 aliphatic carbocycles. The topological polar surface area (TPSA) is 38.5 Å². The predicted octanol–water partition coefficient (Wildman–Crippen LogP) is 2.14. The summed E-state index contributed by atoms with van der Waals surface area (Å²) in [5, 5.41) is 0.828. The Labute approximate surface area is 114 Å². The quantitative estimate of drug-likeness (QED) is 0.889. The van der Waals surface area contributed by atoms with Gasteiger partial charge in [-0.1, -0.05) is 29.8 Å². The summed E-state index contributed by atoms with van der Waals surface area (Å²) in [6.45, 7) is 4.09. The van der Waals surface area contributed by atoms with Crippen molar-refractivity contribution in [2.75, 3.05) is 33.4 Å². The summed E-state index contributed by atoms with van der Waals surface area (Å²) in [5.74, 6) is 0. The maximum Gasteiger partial charge on any atom is 0.0547 e. The lowest BCUT2D eigenvalue weighted by atomic mass is 9.87. The van der Waals surface area contributed by atoms with E-state index in [2.05, 4.69) is 18.0 Å². The first-order valence-corrected chi connectivity index (χ1v) is 6.73. The van der Waals surface area contributed by atoms with Crippen molar-refractivity contribution in [3.05, 3.63) is 34.9 Å². The first-order chi connectivity index (χ1) is 8.65. The molecule has 2 N–H and O–H groups in total. The van der Waals surface area contributed by atoms with Crippen LogP contribution in [-0.2, 0) is 11.3 Å². The van der Waals surface area contributed by atoms with E-state index in [4.69, 9.17) is 22.1 Å². The Morgan fingerprint density at radius 1 is 1.44 bits per heavy atom. The number of ether oxygens (including phenoxy) is 1. The van der Waals surface area contributed by atoms with Crippen molar-refractivity contribution in [1.82, 2.24) is 4.90 Å². The van der Waals surface area contributed by atoms with Crippen molar-refractivity contribution in [2.24, 2.45) is 11.1 Å². The van der Waals surface area contributed by atoms with Gasteiger partial charge in [-0.2, -0.15) is 0 Å². The Bertz CT molecular complexity index is 391. The fourth-order valence-corrected chi connectivity index (χ4v) is 2.74. The molecule has 1 fully saturated rings. The van der Waals surface area contributed by atoms with Crippen LogP contribution in [0.5, 0.6) is 0 Å². The van der Waals surface area contributed by atoms with Crippen LogP contribution in [0.3, 0.4) is 0 Å². The molecule has 0 bridgehead atoms. The minimum Gasteiger partial charge on any atom is -0.381 e. The molecule has 1 aromatic rings. The third-order valence-electron chi connectivity index (χ3n) is 3.62. The van der Waals surface area contributed by atoms with E-state index in [1.165, 1.54) is 0 Å². The number of hydrogen-bond acceptors (Lipinski definition) is 3. The minimum absolute atomic E-state index is 0.121. The Hall–Kier alpha value is -0.610. The molecule has 2 rings (SSSR count). The van der Waals surface area contributed by atoms with E-state index >= 15 is 0 Å². The van der Waals surface area contributed by atoms with Gasteiger partial charge >= 0.3 is 0 Å². The lowest BCUT2D eigenvalue weighted by Crippen LogP contribution is -2.41. The molecule has 1 aliphatic rings. The van der Waals surface area contributed by atoms with Gasteiger partial charge in [0.25, 0.3) is 0 Å². The molecule has 3 nitrogen and oxygen atoms in total. The number of nitrogens with two attached hydrogens (primary N) is 1. The van der Waals surface area contributed by atoms with E-state index in [9.17, 15) is 0 Å². The van der Waals surface area contributed by atoms with Crippen LogP contribution in [0.25, 0.3) is 0 Å². The molecule has 1 saturated heterocycles. The van der Waals surface area contributed by atoms with Crippen LogP contribution >= 0.6 is 11.6 Å². The van der Waals surface area contributed by atoms with Gasteiger partial charge in [0, 0.05) is 36.7 Å². The molecule has 100 valence electrons. The molecule has 0 radical (unpaired) electrons. The molecule has 1 unspecified atom stereocenters. The molecule has 1 aliphatic heterocycles. The van der Waals surface area contributed by atoms with E-state index < -0.39 is 0 Å².